The van der Waals surface area contributed by atoms with E-state index in [1.807, 2.05) is 77.8 Å². The molecule has 3 heterocycles. The Balaban J connectivity index is 1.40. The highest BCUT2D eigenvalue weighted by Crippen LogP contribution is 2.46. The molecule has 35 heavy (non-hydrogen) atoms. The Bertz CT molecular complexity index is 1540. The van der Waals surface area contributed by atoms with Crippen LogP contribution in [0.3, 0.4) is 0 Å². The molecule has 2 aromatic heterocycles. The van der Waals surface area contributed by atoms with Gasteiger partial charge in [0.05, 0.1) is 18.3 Å². The number of fused-ring (bicyclic) bond motifs is 4. The number of hydrogen-bond acceptors (Lipinski definition) is 3. The number of nitrogens with one attached hydrogen (secondary N) is 2. The van der Waals surface area contributed by atoms with Crippen LogP contribution in [0.5, 0.6) is 11.5 Å². The number of halogens is 1. The smallest absolute Gasteiger partial charge is 0.274 e. The molecule has 1 aliphatic rings. The quantitative estimate of drug-likeness (QED) is 0.280. The van der Waals surface area contributed by atoms with Crippen LogP contribution in [-0.2, 0) is 6.61 Å². The maximum absolute atomic E-state index is 13.7. The third kappa shape index (κ3) is 3.70. The molecule has 5 aromatic rings. The molecule has 0 spiro atoms. The number of carbonyl (C=O) groups excluding carboxylic acids is 1. The zero-order valence-corrected chi connectivity index (χ0v) is 19.9. The molecule has 0 radical (unpaired) electrons. The summed E-state index contributed by atoms with van der Waals surface area (Å²) in [6.07, 6.45) is 1.90. The number of aromatic nitrogens is 2. The minimum atomic E-state index is -0.0991. The van der Waals surface area contributed by atoms with E-state index in [0.29, 0.717) is 30.5 Å². The van der Waals surface area contributed by atoms with Crippen molar-refractivity contribution in [2.24, 2.45) is 0 Å². The van der Waals surface area contributed by atoms with Gasteiger partial charge in [-0.2, -0.15) is 0 Å². The van der Waals surface area contributed by atoms with Crippen LogP contribution in [-0.4, -0.2) is 35.4 Å². The van der Waals surface area contributed by atoms with Gasteiger partial charge < -0.3 is 24.3 Å². The van der Waals surface area contributed by atoms with Crippen molar-refractivity contribution in [3.05, 3.63) is 89.7 Å². The predicted molar refractivity (Wildman–Crippen MR) is 139 cm³/mol. The first-order chi connectivity index (χ1) is 17.2. The van der Waals surface area contributed by atoms with Gasteiger partial charge >= 0.3 is 0 Å². The number of aromatic amines is 2. The number of H-pyrrole nitrogens is 2. The van der Waals surface area contributed by atoms with Gasteiger partial charge in [0.2, 0.25) is 0 Å². The third-order valence-electron chi connectivity index (χ3n) is 6.66. The molecule has 1 amide bonds. The first kappa shape index (κ1) is 21.6. The van der Waals surface area contributed by atoms with Gasteiger partial charge in [-0.05, 0) is 41.5 Å². The zero-order valence-electron chi connectivity index (χ0n) is 19.2. The van der Waals surface area contributed by atoms with Crippen LogP contribution in [0.15, 0.2) is 72.9 Å². The highest BCUT2D eigenvalue weighted by Gasteiger charge is 2.36. The van der Waals surface area contributed by atoms with E-state index in [-0.39, 0.29) is 11.8 Å². The van der Waals surface area contributed by atoms with Crippen LogP contribution in [0, 0.1) is 0 Å². The Labute approximate surface area is 207 Å². The summed E-state index contributed by atoms with van der Waals surface area (Å²) in [5.74, 6) is 1.81. The fourth-order valence-corrected chi connectivity index (χ4v) is 5.19. The number of carbonyl (C=O) groups is 1. The van der Waals surface area contributed by atoms with Gasteiger partial charge in [0.25, 0.3) is 5.91 Å². The molecule has 1 aliphatic heterocycles. The van der Waals surface area contributed by atoms with E-state index in [1.54, 1.807) is 7.11 Å². The van der Waals surface area contributed by atoms with E-state index in [9.17, 15) is 4.79 Å². The van der Waals surface area contributed by atoms with Gasteiger partial charge in [0.15, 0.2) is 0 Å². The third-order valence-corrected chi connectivity index (χ3v) is 7.03. The second-order valence-corrected chi connectivity index (χ2v) is 9.06. The predicted octanol–water partition coefficient (Wildman–Crippen LogP) is 6.22. The summed E-state index contributed by atoms with van der Waals surface area (Å²) < 4.78 is 11.6. The summed E-state index contributed by atoms with van der Waals surface area (Å²) >= 11 is 6.40. The van der Waals surface area contributed by atoms with E-state index in [2.05, 4.69) is 9.97 Å². The number of nitrogens with zero attached hydrogens (tertiary/aromatic N) is 1. The number of ether oxygens (including phenoxy) is 2. The first-order valence-corrected chi connectivity index (χ1v) is 12.0. The van der Waals surface area contributed by atoms with Crippen LogP contribution in [0.2, 0.25) is 0 Å². The summed E-state index contributed by atoms with van der Waals surface area (Å²) in [5, 5.41) is 1.96. The number of benzene rings is 3. The standard InChI is InChI=1S/C28H24ClN3O3/c1-34-20-7-8-22-18(11-20)12-23(31-22)28(33)32-15-19(14-29)26-21-9-10-30-27(21)25(13-24(26)32)35-16-17-5-3-2-4-6-17/h2-13,19,30-31H,14-16H2,1H3/t19-/m1/s1. The minimum absolute atomic E-state index is 0.0292. The number of rotatable bonds is 6. The molecular formula is C28H24ClN3O3. The summed E-state index contributed by atoms with van der Waals surface area (Å²) in [4.78, 5) is 22.1. The number of amides is 1. The lowest BCUT2D eigenvalue weighted by Gasteiger charge is -2.18. The number of methoxy groups -OCH3 is 1. The molecule has 6 rings (SSSR count). The van der Waals surface area contributed by atoms with Crippen molar-refractivity contribution in [1.82, 2.24) is 9.97 Å². The van der Waals surface area contributed by atoms with Crippen molar-refractivity contribution in [2.45, 2.75) is 12.5 Å². The molecule has 0 saturated heterocycles. The normalized spacial score (nSPS) is 15.0. The van der Waals surface area contributed by atoms with E-state index in [1.165, 1.54) is 0 Å². The largest absolute Gasteiger partial charge is 0.497 e. The molecule has 0 saturated carbocycles. The van der Waals surface area contributed by atoms with E-state index >= 15 is 0 Å². The van der Waals surface area contributed by atoms with Gasteiger partial charge in [-0.3, -0.25) is 4.79 Å². The molecular weight excluding hydrogens is 462 g/mol. The Morgan fingerprint density at radius 3 is 2.77 bits per heavy atom. The molecule has 0 bridgehead atoms. The molecule has 0 aliphatic carbocycles. The molecule has 2 N–H and O–H groups in total. The van der Waals surface area contributed by atoms with Gasteiger partial charge in [-0.1, -0.05) is 30.3 Å². The minimum Gasteiger partial charge on any atom is -0.497 e. The van der Waals surface area contributed by atoms with E-state index in [4.69, 9.17) is 21.1 Å². The maximum atomic E-state index is 13.7. The number of anilines is 1. The average Bonchev–Trinajstić information content (AvgIpc) is 3.63. The summed E-state index contributed by atoms with van der Waals surface area (Å²) in [6.45, 7) is 0.948. The van der Waals surface area contributed by atoms with Crippen molar-refractivity contribution in [1.29, 1.82) is 0 Å². The maximum Gasteiger partial charge on any atom is 0.274 e. The summed E-state index contributed by atoms with van der Waals surface area (Å²) in [6, 6.07) is 21.6. The van der Waals surface area contributed by atoms with Crippen LogP contribution in [0.1, 0.15) is 27.5 Å². The van der Waals surface area contributed by atoms with Crippen LogP contribution in [0.4, 0.5) is 5.69 Å². The lowest BCUT2D eigenvalue weighted by atomic mass is 9.99. The molecule has 6 nitrogen and oxygen atoms in total. The molecule has 1 atom stereocenters. The van der Waals surface area contributed by atoms with Crippen molar-refractivity contribution in [3.63, 3.8) is 0 Å². The molecule has 0 unspecified atom stereocenters. The zero-order chi connectivity index (χ0) is 23.9. The number of alkyl halides is 1. The lowest BCUT2D eigenvalue weighted by molar-refractivity contribution is 0.0984. The molecule has 0 fully saturated rings. The fraction of sp³-hybridized carbons (Fsp3) is 0.179. The summed E-state index contributed by atoms with van der Waals surface area (Å²) in [7, 11) is 1.63. The monoisotopic (exact) mass is 485 g/mol. The Morgan fingerprint density at radius 2 is 1.97 bits per heavy atom. The highest BCUT2D eigenvalue weighted by atomic mass is 35.5. The van der Waals surface area contributed by atoms with Crippen molar-refractivity contribution in [2.75, 3.05) is 24.4 Å². The van der Waals surface area contributed by atoms with Crippen molar-refractivity contribution < 1.29 is 14.3 Å². The van der Waals surface area contributed by atoms with Crippen molar-refractivity contribution in [3.8, 4) is 11.5 Å². The average molecular weight is 486 g/mol. The molecule has 7 heteroatoms. The van der Waals surface area contributed by atoms with Gasteiger partial charge in [-0.25, -0.2) is 0 Å². The van der Waals surface area contributed by atoms with Gasteiger partial charge in [0, 0.05) is 46.9 Å². The van der Waals surface area contributed by atoms with Gasteiger partial charge in [-0.15, -0.1) is 11.6 Å². The van der Waals surface area contributed by atoms with Gasteiger partial charge in [0.1, 0.15) is 23.8 Å². The Kier molecular flexibility index (Phi) is 5.38. The lowest BCUT2D eigenvalue weighted by Crippen LogP contribution is -2.30. The highest BCUT2D eigenvalue weighted by molar-refractivity contribution is 6.19. The molecule has 3 aromatic carbocycles. The van der Waals surface area contributed by atoms with E-state index in [0.717, 1.165) is 44.4 Å². The van der Waals surface area contributed by atoms with E-state index < -0.39 is 0 Å². The second kappa shape index (κ2) is 8.71. The van der Waals surface area contributed by atoms with Crippen LogP contribution in [0.25, 0.3) is 21.8 Å². The Hall–Kier alpha value is -3.90. The summed E-state index contributed by atoms with van der Waals surface area (Å²) in [5.41, 5.74) is 5.32. The number of hydrogen-bond donors (Lipinski definition) is 2. The molecule has 176 valence electrons. The van der Waals surface area contributed by atoms with Crippen LogP contribution < -0.4 is 14.4 Å². The van der Waals surface area contributed by atoms with Crippen LogP contribution >= 0.6 is 11.6 Å². The SMILES string of the molecule is COc1ccc2[nH]c(C(=O)N3C[C@@H](CCl)c4c3cc(OCc3ccccc3)c3[nH]ccc43)cc2c1. The Morgan fingerprint density at radius 1 is 1.11 bits per heavy atom. The first-order valence-electron chi connectivity index (χ1n) is 11.5. The second-order valence-electron chi connectivity index (χ2n) is 8.75. The van der Waals surface area contributed by atoms with Crippen molar-refractivity contribution >= 4 is 45.0 Å². The fourth-order valence-electron chi connectivity index (χ4n) is 4.94. The topological polar surface area (TPSA) is 70.3 Å².